The quantitative estimate of drug-likeness (QED) is 0.385. The maximum absolute atomic E-state index is 11.7. The van der Waals surface area contributed by atoms with Crippen molar-refractivity contribution in [3.63, 3.8) is 0 Å². The number of rotatable bonds is 6. The third-order valence-corrected chi connectivity index (χ3v) is 3.44. The molecule has 0 bridgehead atoms. The number of nitro groups is 1. The summed E-state index contributed by atoms with van der Waals surface area (Å²) in [4.78, 5) is 33.2. The van der Waals surface area contributed by atoms with Crippen molar-refractivity contribution in [2.45, 2.75) is 0 Å². The lowest BCUT2D eigenvalue weighted by molar-refractivity contribution is -0.384. The zero-order valence-corrected chi connectivity index (χ0v) is 13.5. The lowest BCUT2D eigenvalue weighted by Crippen LogP contribution is -2.16. The van der Waals surface area contributed by atoms with Gasteiger partial charge in [-0.1, -0.05) is 0 Å². The van der Waals surface area contributed by atoms with E-state index in [9.17, 15) is 24.8 Å². The number of furan rings is 2. The summed E-state index contributed by atoms with van der Waals surface area (Å²) in [5, 5.41) is 23.8. The van der Waals surface area contributed by atoms with Crippen LogP contribution in [0.3, 0.4) is 0 Å². The van der Waals surface area contributed by atoms with Crippen LogP contribution in [0.15, 0.2) is 62.7 Å². The molecule has 0 aliphatic rings. The van der Waals surface area contributed by atoms with Gasteiger partial charge in [0.2, 0.25) is 0 Å². The number of nitrogens with zero attached hydrogens (tertiary/aromatic N) is 2. The summed E-state index contributed by atoms with van der Waals surface area (Å²) < 4.78 is 10.4. The van der Waals surface area contributed by atoms with E-state index in [1.807, 2.05) is 0 Å². The van der Waals surface area contributed by atoms with E-state index in [1.54, 1.807) is 6.07 Å². The van der Waals surface area contributed by atoms with E-state index in [1.165, 1.54) is 42.8 Å². The van der Waals surface area contributed by atoms with Gasteiger partial charge >= 0.3 is 11.9 Å². The van der Waals surface area contributed by atoms with E-state index in [0.717, 1.165) is 6.07 Å². The summed E-state index contributed by atoms with van der Waals surface area (Å²) in [5.74, 6) is -1.37. The Balaban J connectivity index is 1.79. The third-order valence-electron chi connectivity index (χ3n) is 3.44. The molecule has 0 radical (unpaired) electrons. The minimum absolute atomic E-state index is 0.0873. The fraction of sp³-hybridized carbons (Fsp3) is 0. The predicted molar refractivity (Wildman–Crippen MR) is 91.5 cm³/mol. The molecule has 2 aromatic heterocycles. The van der Waals surface area contributed by atoms with Crippen molar-refractivity contribution in [2.24, 2.45) is 5.10 Å². The molecule has 1 aromatic carbocycles. The highest BCUT2D eigenvalue weighted by atomic mass is 16.6. The number of carboxylic acids is 1. The first-order chi connectivity index (χ1) is 13.0. The van der Waals surface area contributed by atoms with E-state index in [2.05, 4.69) is 10.5 Å². The number of carbonyl (C=O) groups excluding carboxylic acids is 1. The number of hydrazone groups is 1. The second-order valence-electron chi connectivity index (χ2n) is 5.17. The number of carboxylic acid groups (broad SMARTS) is 1. The van der Waals surface area contributed by atoms with Gasteiger partial charge in [0.15, 0.2) is 5.76 Å². The number of hydrogen-bond acceptors (Lipinski definition) is 7. The molecule has 0 unspecified atom stereocenters. The first-order valence-corrected chi connectivity index (χ1v) is 7.44. The Hall–Kier alpha value is -4.21. The van der Waals surface area contributed by atoms with Crippen LogP contribution in [0, 0.1) is 10.1 Å². The molecule has 3 aromatic rings. The number of aromatic carboxylic acids is 1. The minimum atomic E-state index is -1.33. The Morgan fingerprint density at radius 1 is 1.22 bits per heavy atom. The molecule has 10 nitrogen and oxygen atoms in total. The summed E-state index contributed by atoms with van der Waals surface area (Å²) in [5.41, 5.74) is 1.80. The monoisotopic (exact) mass is 369 g/mol. The second-order valence-corrected chi connectivity index (χ2v) is 5.17. The van der Waals surface area contributed by atoms with Crippen molar-refractivity contribution in [2.75, 3.05) is 0 Å². The number of hydrogen-bond donors (Lipinski definition) is 2. The number of non-ortho nitro benzene ring substituents is 1. The van der Waals surface area contributed by atoms with Gasteiger partial charge in [-0.25, -0.2) is 10.2 Å². The van der Waals surface area contributed by atoms with Gasteiger partial charge in [-0.05, 0) is 30.3 Å². The Labute approximate surface area is 150 Å². The molecule has 0 saturated heterocycles. The molecule has 0 aliphatic heterocycles. The highest BCUT2D eigenvalue weighted by molar-refractivity contribution is 5.96. The molecular formula is C17H11N3O7. The van der Waals surface area contributed by atoms with Gasteiger partial charge < -0.3 is 13.9 Å². The predicted octanol–water partition coefficient (Wildman–Crippen LogP) is 2.91. The van der Waals surface area contributed by atoms with Crippen LogP contribution < -0.4 is 5.43 Å². The van der Waals surface area contributed by atoms with Crippen molar-refractivity contribution in [1.82, 2.24) is 5.43 Å². The molecule has 0 atom stereocenters. The van der Waals surface area contributed by atoms with Crippen molar-refractivity contribution in [1.29, 1.82) is 0 Å². The number of amides is 1. The topological polar surface area (TPSA) is 148 Å². The van der Waals surface area contributed by atoms with Gasteiger partial charge in [-0.2, -0.15) is 5.10 Å². The molecule has 27 heavy (non-hydrogen) atoms. The average molecular weight is 369 g/mol. The van der Waals surface area contributed by atoms with Gasteiger partial charge in [-0.3, -0.25) is 14.9 Å². The van der Waals surface area contributed by atoms with Crippen LogP contribution in [0.25, 0.3) is 11.3 Å². The minimum Gasteiger partial charge on any atom is -0.478 e. The molecule has 0 spiro atoms. The number of nitrogens with one attached hydrogen (secondary N) is 1. The molecule has 0 fully saturated rings. The first kappa shape index (κ1) is 17.6. The van der Waals surface area contributed by atoms with Gasteiger partial charge in [0.05, 0.1) is 23.0 Å². The summed E-state index contributed by atoms with van der Waals surface area (Å²) in [6, 6.07) is 9.45. The third kappa shape index (κ3) is 3.90. The van der Waals surface area contributed by atoms with Crippen LogP contribution in [-0.4, -0.2) is 28.1 Å². The Bertz CT molecular complexity index is 1030. The van der Waals surface area contributed by atoms with Gasteiger partial charge in [-0.15, -0.1) is 0 Å². The smallest absolute Gasteiger partial charge is 0.336 e. The Morgan fingerprint density at radius 2 is 2.04 bits per heavy atom. The summed E-state index contributed by atoms with van der Waals surface area (Å²) in [7, 11) is 0. The van der Waals surface area contributed by atoms with Crippen molar-refractivity contribution in [3.05, 3.63) is 75.9 Å². The Kier molecular flexibility index (Phi) is 4.79. The Morgan fingerprint density at radius 3 is 2.70 bits per heavy atom. The molecule has 0 aliphatic carbocycles. The maximum atomic E-state index is 11.7. The van der Waals surface area contributed by atoms with Gasteiger partial charge in [0, 0.05) is 17.7 Å². The SMILES string of the molecule is O=C(N/N=C\c1ccc(-c2ccc([N+](=O)[O-])cc2C(=O)O)o1)c1ccco1. The van der Waals surface area contributed by atoms with E-state index >= 15 is 0 Å². The lowest BCUT2D eigenvalue weighted by atomic mass is 10.0. The molecule has 136 valence electrons. The molecular weight excluding hydrogens is 358 g/mol. The summed E-state index contributed by atoms with van der Waals surface area (Å²) in [6.45, 7) is 0. The number of benzene rings is 1. The van der Waals surface area contributed by atoms with Crippen LogP contribution in [0.2, 0.25) is 0 Å². The van der Waals surface area contributed by atoms with Crippen LogP contribution in [0.4, 0.5) is 5.69 Å². The molecule has 2 N–H and O–H groups in total. The van der Waals surface area contributed by atoms with Gasteiger partial charge in [0.1, 0.15) is 11.5 Å². The van der Waals surface area contributed by atoms with E-state index in [4.69, 9.17) is 8.83 Å². The zero-order valence-electron chi connectivity index (χ0n) is 13.5. The van der Waals surface area contributed by atoms with Gasteiger partial charge in [0.25, 0.3) is 5.69 Å². The molecule has 0 saturated carbocycles. The molecule has 2 heterocycles. The lowest BCUT2D eigenvalue weighted by Gasteiger charge is -2.03. The fourth-order valence-electron chi connectivity index (χ4n) is 2.22. The number of nitro benzene ring substituents is 1. The maximum Gasteiger partial charge on any atom is 0.336 e. The normalized spacial score (nSPS) is 10.8. The van der Waals surface area contributed by atoms with Crippen molar-refractivity contribution in [3.8, 4) is 11.3 Å². The van der Waals surface area contributed by atoms with Crippen LogP contribution in [0.5, 0.6) is 0 Å². The van der Waals surface area contributed by atoms with E-state index in [0.29, 0.717) is 0 Å². The highest BCUT2D eigenvalue weighted by Gasteiger charge is 2.19. The van der Waals surface area contributed by atoms with Crippen LogP contribution in [-0.2, 0) is 0 Å². The van der Waals surface area contributed by atoms with Crippen LogP contribution >= 0.6 is 0 Å². The molecule has 10 heteroatoms. The van der Waals surface area contributed by atoms with E-state index in [-0.39, 0.29) is 34.1 Å². The zero-order chi connectivity index (χ0) is 19.4. The fourth-order valence-corrected chi connectivity index (χ4v) is 2.22. The van der Waals surface area contributed by atoms with Crippen LogP contribution in [0.1, 0.15) is 26.7 Å². The molecule has 1 amide bonds. The number of carbonyl (C=O) groups is 2. The van der Waals surface area contributed by atoms with Crippen molar-refractivity contribution >= 4 is 23.8 Å². The standard InChI is InChI=1S/C17H11N3O7/c21-16(15-2-1-7-26-15)19-18-9-11-4-6-14(27-11)12-5-3-10(20(24)25)8-13(12)17(22)23/h1-9H,(H,19,21)(H,22,23)/b18-9-. The summed E-state index contributed by atoms with van der Waals surface area (Å²) in [6.07, 6.45) is 2.57. The largest absolute Gasteiger partial charge is 0.478 e. The first-order valence-electron chi connectivity index (χ1n) is 7.44. The van der Waals surface area contributed by atoms with E-state index < -0.39 is 16.8 Å². The molecule has 3 rings (SSSR count). The van der Waals surface area contributed by atoms with Crippen molar-refractivity contribution < 1.29 is 28.5 Å². The second kappa shape index (κ2) is 7.35. The summed E-state index contributed by atoms with van der Waals surface area (Å²) >= 11 is 0. The average Bonchev–Trinajstić information content (AvgIpc) is 3.33. The highest BCUT2D eigenvalue weighted by Crippen LogP contribution is 2.28.